The molecule has 1 saturated heterocycles. The molecule has 26 heavy (non-hydrogen) atoms. The van der Waals surface area contributed by atoms with E-state index in [0.717, 1.165) is 24.9 Å². The molecule has 1 unspecified atom stereocenters. The summed E-state index contributed by atoms with van der Waals surface area (Å²) in [6.07, 6.45) is 2.68. The number of likely N-dealkylation sites (tertiary alicyclic amines) is 1. The van der Waals surface area contributed by atoms with Gasteiger partial charge in [-0.15, -0.1) is 0 Å². The molecule has 0 bridgehead atoms. The average molecular weight is 353 g/mol. The molecular formula is C20H23N3O3. The van der Waals surface area contributed by atoms with E-state index in [2.05, 4.69) is 0 Å². The third-order valence-electron chi connectivity index (χ3n) is 4.69. The molecule has 2 amide bonds. The van der Waals surface area contributed by atoms with Gasteiger partial charge in [-0.1, -0.05) is 0 Å². The minimum Gasteiger partial charge on any atom is -0.457 e. The van der Waals surface area contributed by atoms with Crippen LogP contribution in [0.4, 0.5) is 5.69 Å². The normalized spacial score (nSPS) is 16.5. The second-order valence-corrected chi connectivity index (χ2v) is 6.57. The molecule has 1 aliphatic rings. The van der Waals surface area contributed by atoms with Gasteiger partial charge in [-0.25, -0.2) is 0 Å². The number of hydrogen-bond donors (Lipinski definition) is 2. The van der Waals surface area contributed by atoms with E-state index in [1.165, 1.54) is 0 Å². The summed E-state index contributed by atoms with van der Waals surface area (Å²) >= 11 is 0. The van der Waals surface area contributed by atoms with Gasteiger partial charge in [0.15, 0.2) is 0 Å². The molecule has 136 valence electrons. The highest BCUT2D eigenvalue weighted by molar-refractivity contribution is 5.92. The zero-order valence-electron chi connectivity index (χ0n) is 14.8. The molecule has 6 nitrogen and oxygen atoms in total. The predicted molar refractivity (Wildman–Crippen MR) is 100 cm³/mol. The summed E-state index contributed by atoms with van der Waals surface area (Å²) in [5, 5.41) is 0. The first-order valence-corrected chi connectivity index (χ1v) is 8.67. The lowest BCUT2D eigenvalue weighted by atomic mass is 10.0. The maximum absolute atomic E-state index is 11.8. The standard InChI is InChI=1S/C20H23N3O3/c1-13(24)23-10-2-3-17(23)12-15-11-16(21)6-9-19(15)26-18-7-4-14(5-8-18)20(22)25/h4-9,11,17H,2-3,10,12,21H2,1H3,(H2,22,25). The maximum atomic E-state index is 11.8. The van der Waals surface area contributed by atoms with Crippen LogP contribution in [0.2, 0.25) is 0 Å². The zero-order valence-corrected chi connectivity index (χ0v) is 14.8. The third kappa shape index (κ3) is 3.96. The van der Waals surface area contributed by atoms with Crippen molar-refractivity contribution in [2.45, 2.75) is 32.2 Å². The highest BCUT2D eigenvalue weighted by Gasteiger charge is 2.27. The van der Waals surface area contributed by atoms with Gasteiger partial charge in [0.05, 0.1) is 0 Å². The van der Waals surface area contributed by atoms with Gasteiger partial charge in [0, 0.05) is 30.8 Å². The monoisotopic (exact) mass is 353 g/mol. The van der Waals surface area contributed by atoms with Gasteiger partial charge >= 0.3 is 0 Å². The van der Waals surface area contributed by atoms with E-state index < -0.39 is 5.91 Å². The first kappa shape index (κ1) is 17.8. The number of rotatable bonds is 5. The number of anilines is 1. The minimum absolute atomic E-state index is 0.0981. The van der Waals surface area contributed by atoms with Gasteiger partial charge in [0.25, 0.3) is 0 Å². The molecule has 3 rings (SSSR count). The highest BCUT2D eigenvalue weighted by atomic mass is 16.5. The van der Waals surface area contributed by atoms with Crippen LogP contribution in [0, 0.1) is 0 Å². The van der Waals surface area contributed by atoms with E-state index >= 15 is 0 Å². The molecule has 1 heterocycles. The third-order valence-corrected chi connectivity index (χ3v) is 4.69. The maximum Gasteiger partial charge on any atom is 0.248 e. The van der Waals surface area contributed by atoms with Gasteiger partial charge < -0.3 is 21.1 Å². The molecule has 2 aromatic carbocycles. The molecule has 4 N–H and O–H groups in total. The van der Waals surface area contributed by atoms with Crippen molar-refractivity contribution in [3.63, 3.8) is 0 Å². The molecule has 0 saturated carbocycles. The van der Waals surface area contributed by atoms with Crippen molar-refractivity contribution in [1.82, 2.24) is 4.90 Å². The second kappa shape index (κ2) is 7.47. The highest BCUT2D eigenvalue weighted by Crippen LogP contribution is 2.31. The van der Waals surface area contributed by atoms with Crippen LogP contribution in [0.1, 0.15) is 35.7 Å². The lowest BCUT2D eigenvalue weighted by Crippen LogP contribution is -2.35. The lowest BCUT2D eigenvalue weighted by Gasteiger charge is -2.24. The molecule has 1 atom stereocenters. The lowest BCUT2D eigenvalue weighted by molar-refractivity contribution is -0.129. The number of carbonyl (C=O) groups is 2. The number of benzene rings is 2. The van der Waals surface area contributed by atoms with Crippen LogP contribution in [0.15, 0.2) is 42.5 Å². The number of hydrogen-bond acceptors (Lipinski definition) is 4. The molecule has 1 fully saturated rings. The Labute approximate surface area is 152 Å². The fraction of sp³-hybridized carbons (Fsp3) is 0.300. The molecule has 6 heteroatoms. The van der Waals surface area contributed by atoms with Crippen LogP contribution in [0.25, 0.3) is 0 Å². The van der Waals surface area contributed by atoms with Crippen LogP contribution in [-0.4, -0.2) is 29.3 Å². The van der Waals surface area contributed by atoms with Gasteiger partial charge in [-0.3, -0.25) is 9.59 Å². The summed E-state index contributed by atoms with van der Waals surface area (Å²) in [5.41, 5.74) is 13.3. The van der Waals surface area contributed by atoms with Crippen molar-refractivity contribution in [2.75, 3.05) is 12.3 Å². The zero-order chi connectivity index (χ0) is 18.7. The Morgan fingerprint density at radius 3 is 2.58 bits per heavy atom. The van der Waals surface area contributed by atoms with E-state index in [-0.39, 0.29) is 11.9 Å². The fourth-order valence-corrected chi connectivity index (χ4v) is 3.39. The Balaban J connectivity index is 1.81. The van der Waals surface area contributed by atoms with Crippen LogP contribution in [0.3, 0.4) is 0 Å². The minimum atomic E-state index is -0.477. The SMILES string of the molecule is CC(=O)N1CCCC1Cc1cc(N)ccc1Oc1ccc(C(N)=O)cc1. The topological polar surface area (TPSA) is 98.7 Å². The summed E-state index contributed by atoms with van der Waals surface area (Å²) in [6, 6.07) is 12.3. The molecule has 0 spiro atoms. The number of nitrogens with two attached hydrogens (primary N) is 2. The number of ether oxygens (including phenoxy) is 1. The van der Waals surface area contributed by atoms with Crippen LogP contribution in [-0.2, 0) is 11.2 Å². The Kier molecular flexibility index (Phi) is 5.11. The molecule has 1 aliphatic heterocycles. The van der Waals surface area contributed by atoms with E-state index in [1.807, 2.05) is 17.0 Å². The second-order valence-electron chi connectivity index (χ2n) is 6.57. The Hall–Kier alpha value is -3.02. The predicted octanol–water partition coefficient (Wildman–Crippen LogP) is 2.71. The van der Waals surface area contributed by atoms with Crippen molar-refractivity contribution in [3.8, 4) is 11.5 Å². The van der Waals surface area contributed by atoms with Gasteiger partial charge in [-0.2, -0.15) is 0 Å². The molecular weight excluding hydrogens is 330 g/mol. The van der Waals surface area contributed by atoms with E-state index in [0.29, 0.717) is 29.2 Å². The number of carbonyl (C=O) groups excluding carboxylic acids is 2. The van der Waals surface area contributed by atoms with Crippen molar-refractivity contribution >= 4 is 17.5 Å². The molecule has 0 aromatic heterocycles. The van der Waals surface area contributed by atoms with Crippen LogP contribution in [0.5, 0.6) is 11.5 Å². The Morgan fingerprint density at radius 2 is 1.92 bits per heavy atom. The molecule has 2 aromatic rings. The average Bonchev–Trinajstić information content (AvgIpc) is 3.06. The Morgan fingerprint density at radius 1 is 1.19 bits per heavy atom. The van der Waals surface area contributed by atoms with Gasteiger partial charge in [0.2, 0.25) is 11.8 Å². The van der Waals surface area contributed by atoms with Gasteiger partial charge in [-0.05, 0) is 67.3 Å². The van der Waals surface area contributed by atoms with Crippen molar-refractivity contribution in [1.29, 1.82) is 0 Å². The summed E-state index contributed by atoms with van der Waals surface area (Å²) in [6.45, 7) is 2.41. The summed E-state index contributed by atoms with van der Waals surface area (Å²) < 4.78 is 5.99. The fourth-order valence-electron chi connectivity index (χ4n) is 3.39. The number of primary amides is 1. The first-order chi connectivity index (χ1) is 12.4. The Bertz CT molecular complexity index is 818. The summed E-state index contributed by atoms with van der Waals surface area (Å²) in [4.78, 5) is 24.9. The number of amides is 2. The molecule has 0 radical (unpaired) electrons. The van der Waals surface area contributed by atoms with Crippen molar-refractivity contribution < 1.29 is 14.3 Å². The largest absolute Gasteiger partial charge is 0.457 e. The van der Waals surface area contributed by atoms with E-state index in [9.17, 15) is 9.59 Å². The van der Waals surface area contributed by atoms with Crippen LogP contribution >= 0.6 is 0 Å². The summed E-state index contributed by atoms with van der Waals surface area (Å²) in [5.74, 6) is 0.925. The van der Waals surface area contributed by atoms with Crippen LogP contribution < -0.4 is 16.2 Å². The quantitative estimate of drug-likeness (QED) is 0.807. The van der Waals surface area contributed by atoms with Crippen molar-refractivity contribution in [3.05, 3.63) is 53.6 Å². The molecule has 0 aliphatic carbocycles. The van der Waals surface area contributed by atoms with E-state index in [1.54, 1.807) is 37.3 Å². The number of nitrogens with zero attached hydrogens (tertiary/aromatic N) is 1. The van der Waals surface area contributed by atoms with Crippen molar-refractivity contribution in [2.24, 2.45) is 5.73 Å². The summed E-state index contributed by atoms with van der Waals surface area (Å²) in [7, 11) is 0. The smallest absolute Gasteiger partial charge is 0.248 e. The number of nitrogen functional groups attached to an aromatic ring is 1. The van der Waals surface area contributed by atoms with E-state index in [4.69, 9.17) is 16.2 Å². The first-order valence-electron chi connectivity index (χ1n) is 8.67. The van der Waals surface area contributed by atoms with Gasteiger partial charge in [0.1, 0.15) is 11.5 Å².